The highest BCUT2D eigenvalue weighted by atomic mass is 32.2. The van der Waals surface area contributed by atoms with Crippen LogP contribution in [0.3, 0.4) is 0 Å². The first-order valence-electron chi connectivity index (χ1n) is 10.9. The summed E-state index contributed by atoms with van der Waals surface area (Å²) in [5.74, 6) is 2.23. The second-order valence-electron chi connectivity index (χ2n) is 7.52. The van der Waals surface area contributed by atoms with Crippen LogP contribution < -0.4 is 14.2 Å². The molecule has 3 aromatic carbocycles. The van der Waals surface area contributed by atoms with Crippen LogP contribution in [0.2, 0.25) is 0 Å². The third-order valence-corrected chi connectivity index (χ3v) is 6.51. The topological polar surface area (TPSA) is 48.0 Å². The number of ether oxygens (including phenoxy) is 3. The third-order valence-electron chi connectivity index (χ3n) is 5.14. The van der Waals surface area contributed by atoms with Gasteiger partial charge in [-0.3, -0.25) is 9.69 Å². The van der Waals surface area contributed by atoms with Gasteiger partial charge < -0.3 is 14.2 Å². The first-order chi connectivity index (χ1) is 16.6. The van der Waals surface area contributed by atoms with Crippen molar-refractivity contribution in [2.75, 3.05) is 20.3 Å². The number of thiocarbonyl (C=S) groups is 1. The van der Waals surface area contributed by atoms with E-state index in [2.05, 4.69) is 0 Å². The van der Waals surface area contributed by atoms with E-state index in [0.29, 0.717) is 29.0 Å². The molecular formula is C27H25NO4S2. The van der Waals surface area contributed by atoms with Gasteiger partial charge in [0, 0.05) is 12.0 Å². The van der Waals surface area contributed by atoms with Gasteiger partial charge in [-0.1, -0.05) is 72.5 Å². The van der Waals surface area contributed by atoms with E-state index in [-0.39, 0.29) is 5.91 Å². The van der Waals surface area contributed by atoms with Crippen molar-refractivity contribution in [3.05, 3.63) is 94.9 Å². The minimum absolute atomic E-state index is 0.0819. The standard InChI is InChI=1S/C27H25NO4S2/c1-30-22-12-14-23(15-13-22)31-16-7-17-32-24-11-6-5-10-21(24)18-25-26(29)28(27(33)34-25)19-20-8-3-2-4-9-20/h2-6,8-15,18H,7,16-17,19H2,1H3/b25-18+. The molecular weight excluding hydrogens is 466 g/mol. The van der Waals surface area contributed by atoms with E-state index in [1.165, 1.54) is 11.8 Å². The van der Waals surface area contributed by atoms with Gasteiger partial charge in [0.15, 0.2) is 0 Å². The Kier molecular flexibility index (Phi) is 8.22. The van der Waals surface area contributed by atoms with Crippen molar-refractivity contribution >= 4 is 40.3 Å². The quantitative estimate of drug-likeness (QED) is 0.199. The lowest BCUT2D eigenvalue weighted by Gasteiger charge is -2.14. The van der Waals surface area contributed by atoms with E-state index in [1.54, 1.807) is 12.0 Å². The molecule has 0 aliphatic carbocycles. The summed E-state index contributed by atoms with van der Waals surface area (Å²) >= 11 is 6.79. The molecule has 7 heteroatoms. The molecule has 0 unspecified atom stereocenters. The molecule has 0 aromatic heterocycles. The van der Waals surface area contributed by atoms with E-state index in [9.17, 15) is 4.79 Å². The van der Waals surface area contributed by atoms with Crippen LogP contribution in [-0.4, -0.2) is 35.5 Å². The van der Waals surface area contributed by atoms with Gasteiger partial charge in [0.05, 0.1) is 31.8 Å². The average Bonchev–Trinajstić information content (AvgIpc) is 3.13. The van der Waals surface area contributed by atoms with Crippen LogP contribution in [0.15, 0.2) is 83.8 Å². The highest BCUT2D eigenvalue weighted by molar-refractivity contribution is 8.26. The lowest BCUT2D eigenvalue weighted by Crippen LogP contribution is -2.27. The summed E-state index contributed by atoms with van der Waals surface area (Å²) in [5.41, 5.74) is 1.89. The lowest BCUT2D eigenvalue weighted by molar-refractivity contribution is -0.122. The molecule has 1 saturated heterocycles. The zero-order valence-electron chi connectivity index (χ0n) is 18.8. The van der Waals surface area contributed by atoms with Gasteiger partial charge in [0.2, 0.25) is 0 Å². The Bertz CT molecular complexity index is 1160. The normalized spacial score (nSPS) is 14.5. The summed E-state index contributed by atoms with van der Waals surface area (Å²) in [4.78, 5) is 15.2. The first-order valence-corrected chi connectivity index (χ1v) is 12.1. The molecule has 1 heterocycles. The SMILES string of the molecule is COc1ccc(OCCCOc2ccccc2/C=C2/SC(=S)N(Cc3ccccc3)C2=O)cc1. The number of carbonyl (C=O) groups excluding carboxylic acids is 1. The van der Waals surface area contributed by atoms with E-state index >= 15 is 0 Å². The molecule has 0 radical (unpaired) electrons. The van der Waals surface area contributed by atoms with Gasteiger partial charge in [-0.25, -0.2) is 0 Å². The van der Waals surface area contributed by atoms with Gasteiger partial charge in [-0.05, 0) is 42.0 Å². The minimum Gasteiger partial charge on any atom is -0.497 e. The van der Waals surface area contributed by atoms with Crippen molar-refractivity contribution in [3.63, 3.8) is 0 Å². The second-order valence-corrected chi connectivity index (χ2v) is 9.19. The fraction of sp³-hybridized carbons (Fsp3) is 0.185. The number of rotatable bonds is 10. The molecule has 0 spiro atoms. The second kappa shape index (κ2) is 11.7. The Morgan fingerprint density at radius 1 is 0.882 bits per heavy atom. The number of methoxy groups -OCH3 is 1. The molecule has 5 nitrogen and oxygen atoms in total. The first kappa shape index (κ1) is 23.9. The van der Waals surface area contributed by atoms with Crippen molar-refractivity contribution in [2.24, 2.45) is 0 Å². The number of nitrogens with zero attached hydrogens (tertiary/aromatic N) is 1. The number of hydrogen-bond donors (Lipinski definition) is 0. The molecule has 0 atom stereocenters. The number of carbonyl (C=O) groups is 1. The van der Waals surface area contributed by atoms with E-state index in [4.69, 9.17) is 26.4 Å². The van der Waals surface area contributed by atoms with E-state index in [0.717, 1.165) is 34.8 Å². The monoisotopic (exact) mass is 491 g/mol. The van der Waals surface area contributed by atoms with Crippen LogP contribution in [0.4, 0.5) is 0 Å². The predicted octanol–water partition coefficient (Wildman–Crippen LogP) is 5.94. The van der Waals surface area contributed by atoms with Crippen molar-refractivity contribution in [1.82, 2.24) is 4.90 Å². The highest BCUT2D eigenvalue weighted by Gasteiger charge is 2.32. The fourth-order valence-electron chi connectivity index (χ4n) is 3.38. The van der Waals surface area contributed by atoms with Crippen molar-refractivity contribution in [3.8, 4) is 17.2 Å². The molecule has 1 amide bonds. The molecule has 34 heavy (non-hydrogen) atoms. The maximum absolute atomic E-state index is 13.0. The summed E-state index contributed by atoms with van der Waals surface area (Å²) in [6.45, 7) is 1.50. The van der Waals surface area contributed by atoms with Crippen LogP contribution in [0.1, 0.15) is 17.5 Å². The highest BCUT2D eigenvalue weighted by Crippen LogP contribution is 2.35. The summed E-state index contributed by atoms with van der Waals surface area (Å²) in [7, 11) is 1.64. The predicted molar refractivity (Wildman–Crippen MR) is 140 cm³/mol. The van der Waals surface area contributed by atoms with Gasteiger partial charge in [0.25, 0.3) is 5.91 Å². The molecule has 4 rings (SSSR count). The number of para-hydroxylation sites is 1. The Morgan fingerprint density at radius 2 is 1.56 bits per heavy atom. The molecule has 1 fully saturated rings. The van der Waals surface area contributed by atoms with Gasteiger partial charge in [-0.2, -0.15) is 0 Å². The largest absolute Gasteiger partial charge is 0.497 e. The van der Waals surface area contributed by atoms with E-state index < -0.39 is 0 Å². The number of benzene rings is 3. The molecule has 1 aliphatic rings. The molecule has 0 saturated carbocycles. The van der Waals surface area contributed by atoms with Gasteiger partial charge in [0.1, 0.15) is 21.6 Å². The zero-order valence-corrected chi connectivity index (χ0v) is 20.4. The van der Waals surface area contributed by atoms with Crippen LogP contribution in [0.5, 0.6) is 17.2 Å². The smallest absolute Gasteiger partial charge is 0.266 e. The summed E-state index contributed by atoms with van der Waals surface area (Å²) in [6.07, 6.45) is 2.58. The number of thioether (sulfide) groups is 1. The zero-order chi connectivity index (χ0) is 23.8. The van der Waals surface area contributed by atoms with Crippen LogP contribution in [0.25, 0.3) is 6.08 Å². The van der Waals surface area contributed by atoms with Crippen molar-refractivity contribution < 1.29 is 19.0 Å². The Balaban J connectivity index is 1.33. The number of amides is 1. The Hall–Kier alpha value is -3.29. The van der Waals surface area contributed by atoms with Crippen LogP contribution in [0, 0.1) is 0 Å². The Labute approximate surface area is 209 Å². The average molecular weight is 492 g/mol. The molecule has 3 aromatic rings. The summed E-state index contributed by atoms with van der Waals surface area (Å²) in [5, 5.41) is 0. The Morgan fingerprint density at radius 3 is 2.32 bits per heavy atom. The van der Waals surface area contributed by atoms with Crippen molar-refractivity contribution in [1.29, 1.82) is 0 Å². The number of hydrogen-bond acceptors (Lipinski definition) is 6. The van der Waals surface area contributed by atoms with Crippen LogP contribution in [-0.2, 0) is 11.3 Å². The molecule has 0 bridgehead atoms. The maximum Gasteiger partial charge on any atom is 0.266 e. The fourth-order valence-corrected chi connectivity index (χ4v) is 4.62. The maximum atomic E-state index is 13.0. The van der Waals surface area contributed by atoms with E-state index in [1.807, 2.05) is 84.9 Å². The molecule has 0 N–H and O–H groups in total. The summed E-state index contributed by atoms with van der Waals surface area (Å²) < 4.78 is 17.5. The van der Waals surface area contributed by atoms with Gasteiger partial charge in [-0.15, -0.1) is 0 Å². The molecule has 174 valence electrons. The van der Waals surface area contributed by atoms with Crippen molar-refractivity contribution in [2.45, 2.75) is 13.0 Å². The minimum atomic E-state index is -0.0819. The third kappa shape index (κ3) is 6.18. The molecule has 1 aliphatic heterocycles. The van der Waals surface area contributed by atoms with Gasteiger partial charge >= 0.3 is 0 Å². The lowest BCUT2D eigenvalue weighted by atomic mass is 10.1. The van der Waals surface area contributed by atoms with Crippen LogP contribution >= 0.6 is 24.0 Å². The summed E-state index contributed by atoms with van der Waals surface area (Å²) in [6, 6.07) is 25.0.